The lowest BCUT2D eigenvalue weighted by molar-refractivity contribution is -0.156. The van der Waals surface area contributed by atoms with E-state index in [0.29, 0.717) is 22.9 Å². The Hall–Kier alpha value is -2.75. The fraction of sp³-hybridized carbons (Fsp3) is 0.261. The van der Waals surface area contributed by atoms with Crippen molar-refractivity contribution in [1.82, 2.24) is 0 Å². The summed E-state index contributed by atoms with van der Waals surface area (Å²) in [5.41, 5.74) is 1.04. The summed E-state index contributed by atoms with van der Waals surface area (Å²) in [5.74, 6) is -0.930. The van der Waals surface area contributed by atoms with Crippen LogP contribution in [0.4, 0.5) is 5.69 Å². The van der Waals surface area contributed by atoms with Crippen LogP contribution in [0.5, 0.6) is 0 Å². The molecule has 2 aromatic rings. The number of hydrogen-bond acceptors (Lipinski definition) is 6. The number of carbonyl (C=O) groups is 2. The molecule has 1 heterocycles. The minimum absolute atomic E-state index is 0.000604. The average molecular weight is 439 g/mol. The third-order valence-electron chi connectivity index (χ3n) is 5.67. The van der Waals surface area contributed by atoms with Crippen molar-refractivity contribution in [2.45, 2.75) is 29.6 Å². The Bertz CT molecular complexity index is 1080. The van der Waals surface area contributed by atoms with Crippen LogP contribution in [-0.4, -0.2) is 25.4 Å². The number of ketones is 1. The maximum absolute atomic E-state index is 12.9. The zero-order valence-electron chi connectivity index (χ0n) is 16.4. The number of Topliss-reactive ketones (excluding diaryl/α,β-unsaturated/α-hetero) is 1. The van der Waals surface area contributed by atoms with E-state index in [9.17, 15) is 14.9 Å². The van der Waals surface area contributed by atoms with Crippen molar-refractivity contribution in [3.05, 3.63) is 69.7 Å². The van der Waals surface area contributed by atoms with Crippen LogP contribution in [0.3, 0.4) is 0 Å². The lowest BCUT2D eigenvalue weighted by Crippen LogP contribution is -2.44. The van der Waals surface area contributed by atoms with E-state index in [1.165, 1.54) is 11.8 Å². The summed E-state index contributed by atoms with van der Waals surface area (Å²) in [5, 5.41) is 10.8. The van der Waals surface area contributed by atoms with Crippen LogP contribution in [0.15, 0.2) is 64.0 Å². The number of thioether (sulfide) groups is 1. The summed E-state index contributed by atoms with van der Waals surface area (Å²) in [6, 6.07) is 16.8. The summed E-state index contributed by atoms with van der Waals surface area (Å²) in [7, 11) is 1.81. The number of nitriles is 1. The molecule has 0 amide bonds. The molecule has 1 fully saturated rings. The molecule has 2 aromatic carbocycles. The highest BCUT2D eigenvalue weighted by Crippen LogP contribution is 2.47. The maximum Gasteiger partial charge on any atom is 0.317 e. The number of benzene rings is 2. The molecule has 5 nitrogen and oxygen atoms in total. The quantitative estimate of drug-likeness (QED) is 0.377. The number of halogens is 1. The Kier molecular flexibility index (Phi) is 5.59. The van der Waals surface area contributed by atoms with E-state index in [4.69, 9.17) is 16.3 Å². The number of para-hydroxylation sites is 1. The monoisotopic (exact) mass is 438 g/mol. The summed E-state index contributed by atoms with van der Waals surface area (Å²) < 4.78 is 5.42. The highest BCUT2D eigenvalue weighted by atomic mass is 35.5. The lowest BCUT2D eigenvalue weighted by atomic mass is 9.64. The molecule has 1 aliphatic carbocycles. The normalized spacial score (nSPS) is 18.1. The molecule has 4 rings (SSSR count). The number of esters is 1. The first kappa shape index (κ1) is 20.5. The Morgan fingerprint density at radius 2 is 1.90 bits per heavy atom. The average Bonchev–Trinajstić information content (AvgIpc) is 3.04. The van der Waals surface area contributed by atoms with Crippen molar-refractivity contribution in [1.29, 1.82) is 5.26 Å². The number of hydrogen-bond donors (Lipinski definition) is 0. The second-order valence-corrected chi connectivity index (χ2v) is 8.83. The van der Waals surface area contributed by atoms with E-state index in [-0.39, 0.29) is 5.57 Å². The van der Waals surface area contributed by atoms with Crippen LogP contribution >= 0.6 is 23.4 Å². The molecule has 30 heavy (non-hydrogen) atoms. The van der Waals surface area contributed by atoms with Gasteiger partial charge in [-0.25, -0.2) is 0 Å². The minimum Gasteiger partial charge on any atom is -0.457 e. The molecule has 0 unspecified atom stereocenters. The summed E-state index contributed by atoms with van der Waals surface area (Å²) in [6.45, 7) is -0.453. The predicted octanol–water partition coefficient (Wildman–Crippen LogP) is 4.85. The van der Waals surface area contributed by atoms with E-state index in [2.05, 4.69) is 0 Å². The summed E-state index contributed by atoms with van der Waals surface area (Å²) in [6.07, 6.45) is 2.25. The van der Waals surface area contributed by atoms with Gasteiger partial charge in [-0.3, -0.25) is 9.59 Å². The van der Waals surface area contributed by atoms with Crippen LogP contribution in [-0.2, 0) is 19.7 Å². The minimum atomic E-state index is -0.736. The van der Waals surface area contributed by atoms with Gasteiger partial charge in [-0.15, -0.1) is 0 Å². The van der Waals surface area contributed by atoms with Crippen LogP contribution < -0.4 is 4.90 Å². The van der Waals surface area contributed by atoms with Gasteiger partial charge in [0.25, 0.3) is 0 Å². The molecule has 0 N–H and O–H groups in total. The van der Waals surface area contributed by atoms with Crippen molar-refractivity contribution in [2.24, 2.45) is 0 Å². The van der Waals surface area contributed by atoms with Crippen LogP contribution in [0, 0.1) is 11.3 Å². The number of ether oxygens (including phenoxy) is 1. The van der Waals surface area contributed by atoms with E-state index < -0.39 is 23.8 Å². The fourth-order valence-electron chi connectivity index (χ4n) is 3.80. The first-order chi connectivity index (χ1) is 14.5. The summed E-state index contributed by atoms with van der Waals surface area (Å²) in [4.78, 5) is 28.4. The van der Waals surface area contributed by atoms with Crippen LogP contribution in [0.2, 0.25) is 5.02 Å². The van der Waals surface area contributed by atoms with E-state index in [1.54, 1.807) is 12.1 Å². The molecule has 0 radical (unpaired) electrons. The van der Waals surface area contributed by atoms with Gasteiger partial charge in [-0.05, 0) is 42.7 Å². The van der Waals surface area contributed by atoms with Crippen molar-refractivity contribution in [3.63, 3.8) is 0 Å². The lowest BCUT2D eigenvalue weighted by Gasteiger charge is -2.39. The van der Waals surface area contributed by atoms with Gasteiger partial charge in [0.15, 0.2) is 6.61 Å². The first-order valence-electron chi connectivity index (χ1n) is 9.58. The molecule has 0 bridgehead atoms. The molecule has 7 heteroatoms. The van der Waals surface area contributed by atoms with Gasteiger partial charge in [-0.1, -0.05) is 54.0 Å². The van der Waals surface area contributed by atoms with Gasteiger partial charge in [0, 0.05) is 17.0 Å². The Morgan fingerprint density at radius 1 is 1.20 bits per heavy atom. The van der Waals surface area contributed by atoms with E-state index in [1.807, 2.05) is 54.4 Å². The topological polar surface area (TPSA) is 70.4 Å². The molecular weight excluding hydrogens is 420 g/mol. The third kappa shape index (κ3) is 3.49. The third-order valence-corrected chi connectivity index (χ3v) is 7.16. The molecule has 1 saturated carbocycles. The number of anilines is 1. The Morgan fingerprint density at radius 3 is 2.50 bits per heavy atom. The Balaban J connectivity index is 1.49. The highest BCUT2D eigenvalue weighted by Gasteiger charge is 2.47. The zero-order valence-corrected chi connectivity index (χ0v) is 17.9. The molecule has 0 saturated heterocycles. The fourth-order valence-corrected chi connectivity index (χ4v) is 5.09. The zero-order chi connectivity index (χ0) is 21.3. The molecule has 0 aromatic heterocycles. The van der Waals surface area contributed by atoms with Crippen molar-refractivity contribution >= 4 is 40.8 Å². The first-order valence-corrected chi connectivity index (χ1v) is 10.8. The maximum atomic E-state index is 12.9. The second-order valence-electron chi connectivity index (χ2n) is 7.36. The predicted molar refractivity (Wildman–Crippen MR) is 116 cm³/mol. The van der Waals surface area contributed by atoms with E-state index >= 15 is 0 Å². The number of carbonyl (C=O) groups excluding carboxylic acids is 2. The molecule has 0 spiro atoms. The van der Waals surface area contributed by atoms with E-state index in [0.717, 1.165) is 22.6 Å². The SMILES string of the molecule is CN1/C(=C(/C#N)C(=O)COC(=O)C2(c3ccc(Cl)cc3)CCC2)Sc2ccccc21. The molecular formula is C23H19ClN2O3S. The molecule has 1 aliphatic heterocycles. The van der Waals surface area contributed by atoms with Crippen molar-refractivity contribution in [3.8, 4) is 6.07 Å². The van der Waals surface area contributed by atoms with Gasteiger partial charge in [0.05, 0.1) is 11.1 Å². The van der Waals surface area contributed by atoms with Gasteiger partial charge in [-0.2, -0.15) is 5.26 Å². The van der Waals surface area contributed by atoms with Gasteiger partial charge < -0.3 is 9.64 Å². The number of nitrogens with zero attached hydrogens (tertiary/aromatic N) is 2. The van der Waals surface area contributed by atoms with Crippen LogP contribution in [0.25, 0.3) is 0 Å². The summed E-state index contributed by atoms with van der Waals surface area (Å²) >= 11 is 7.33. The smallest absolute Gasteiger partial charge is 0.317 e. The molecule has 0 atom stereocenters. The second kappa shape index (κ2) is 8.17. The van der Waals surface area contributed by atoms with Gasteiger partial charge in [0.1, 0.15) is 16.7 Å². The number of fused-ring (bicyclic) bond motifs is 1. The highest BCUT2D eigenvalue weighted by molar-refractivity contribution is 8.03. The number of rotatable bonds is 5. The van der Waals surface area contributed by atoms with Crippen molar-refractivity contribution in [2.75, 3.05) is 18.6 Å². The van der Waals surface area contributed by atoms with Crippen LogP contribution in [0.1, 0.15) is 24.8 Å². The van der Waals surface area contributed by atoms with Gasteiger partial charge >= 0.3 is 5.97 Å². The van der Waals surface area contributed by atoms with Crippen molar-refractivity contribution < 1.29 is 14.3 Å². The Labute approximate surface area is 184 Å². The molecule has 2 aliphatic rings. The van der Waals surface area contributed by atoms with Gasteiger partial charge in [0.2, 0.25) is 5.78 Å². The molecule has 152 valence electrons. The standard InChI is InChI=1S/C23H19ClN2O3S/c1-26-18-5-2-3-6-20(18)30-21(26)17(13-25)19(27)14-29-22(28)23(11-4-12-23)15-7-9-16(24)10-8-15/h2-3,5-10H,4,11-12,14H2,1H3/b21-17+. The largest absolute Gasteiger partial charge is 0.457 e.